The molecule has 0 aliphatic heterocycles. The van der Waals surface area contributed by atoms with Crippen LogP contribution in [0.15, 0.2) is 36.4 Å². The molecule has 3 nitrogen and oxygen atoms in total. The Hall–Kier alpha value is -1.71. The number of hydrogen-bond donors (Lipinski definition) is 1. The van der Waals surface area contributed by atoms with Crippen LogP contribution >= 0.6 is 23.2 Å². The van der Waals surface area contributed by atoms with Crippen LogP contribution < -0.4 is 4.74 Å². The van der Waals surface area contributed by atoms with E-state index < -0.39 is 5.97 Å². The van der Waals surface area contributed by atoms with Crippen LogP contribution in [0.4, 0.5) is 0 Å². The van der Waals surface area contributed by atoms with E-state index in [0.717, 1.165) is 0 Å². The number of hydrogen-bond acceptors (Lipinski definition) is 2. The van der Waals surface area contributed by atoms with Gasteiger partial charge in [0.2, 0.25) is 0 Å². The second-order valence-corrected chi connectivity index (χ2v) is 4.81. The maximum absolute atomic E-state index is 10.8. The van der Waals surface area contributed by atoms with Crippen molar-refractivity contribution < 1.29 is 14.6 Å². The number of benzene rings is 2. The number of carbonyl (C=O) groups is 1. The minimum atomic E-state index is -0.973. The van der Waals surface area contributed by atoms with E-state index in [4.69, 9.17) is 33.0 Å². The number of ether oxygens (including phenoxy) is 1. The van der Waals surface area contributed by atoms with Gasteiger partial charge in [0.15, 0.2) is 0 Å². The van der Waals surface area contributed by atoms with Crippen LogP contribution in [-0.4, -0.2) is 11.1 Å². The first-order valence-electron chi connectivity index (χ1n) is 5.44. The first-order chi connectivity index (χ1) is 8.97. The lowest BCUT2D eigenvalue weighted by atomic mass is 10.1. The van der Waals surface area contributed by atoms with Gasteiger partial charge in [0.05, 0.1) is 10.6 Å². The molecular formula is C14H10Cl2O3. The molecule has 0 bridgehead atoms. The summed E-state index contributed by atoms with van der Waals surface area (Å²) in [5, 5.41) is 9.81. The first-order valence-corrected chi connectivity index (χ1v) is 6.20. The average molecular weight is 297 g/mol. The summed E-state index contributed by atoms with van der Waals surface area (Å²) in [4.78, 5) is 10.8. The third-order valence-electron chi connectivity index (χ3n) is 2.54. The minimum Gasteiger partial charge on any atom is -0.478 e. The SMILES string of the molecule is Cc1cc(C(=O)O)ccc1Oc1ccc(Cl)cc1Cl. The molecule has 0 heterocycles. The summed E-state index contributed by atoms with van der Waals surface area (Å²) in [6.07, 6.45) is 0. The zero-order valence-corrected chi connectivity index (χ0v) is 11.5. The van der Waals surface area contributed by atoms with Crippen LogP contribution in [0.2, 0.25) is 10.0 Å². The quantitative estimate of drug-likeness (QED) is 0.885. The van der Waals surface area contributed by atoms with Gasteiger partial charge in [-0.05, 0) is 48.9 Å². The van der Waals surface area contributed by atoms with Gasteiger partial charge in [-0.25, -0.2) is 4.79 Å². The third kappa shape index (κ3) is 3.19. The van der Waals surface area contributed by atoms with E-state index >= 15 is 0 Å². The molecule has 98 valence electrons. The molecule has 19 heavy (non-hydrogen) atoms. The molecule has 2 aromatic carbocycles. The maximum Gasteiger partial charge on any atom is 0.335 e. The van der Waals surface area contributed by atoms with Gasteiger partial charge >= 0.3 is 5.97 Å². The van der Waals surface area contributed by atoms with Crippen LogP contribution in [-0.2, 0) is 0 Å². The Kier molecular flexibility index (Phi) is 3.98. The lowest BCUT2D eigenvalue weighted by molar-refractivity contribution is 0.0697. The van der Waals surface area contributed by atoms with E-state index in [9.17, 15) is 4.79 Å². The molecule has 0 aromatic heterocycles. The van der Waals surface area contributed by atoms with E-state index in [1.807, 2.05) is 0 Å². The molecule has 0 saturated heterocycles. The molecule has 0 aliphatic rings. The average Bonchev–Trinajstić information content (AvgIpc) is 2.34. The largest absolute Gasteiger partial charge is 0.478 e. The topological polar surface area (TPSA) is 46.5 Å². The fraction of sp³-hybridized carbons (Fsp3) is 0.0714. The molecule has 0 atom stereocenters. The summed E-state index contributed by atoms with van der Waals surface area (Å²) in [6, 6.07) is 9.54. The van der Waals surface area contributed by atoms with Crippen molar-refractivity contribution in [2.45, 2.75) is 6.92 Å². The van der Waals surface area contributed by atoms with Crippen molar-refractivity contribution >= 4 is 29.2 Å². The van der Waals surface area contributed by atoms with Crippen LogP contribution in [0.5, 0.6) is 11.5 Å². The van der Waals surface area contributed by atoms with Gasteiger partial charge < -0.3 is 9.84 Å². The molecule has 2 aromatic rings. The molecule has 0 amide bonds. The monoisotopic (exact) mass is 296 g/mol. The second-order valence-electron chi connectivity index (χ2n) is 3.96. The Labute approximate surface area is 120 Å². The summed E-state index contributed by atoms with van der Waals surface area (Å²) < 4.78 is 5.65. The van der Waals surface area contributed by atoms with Gasteiger partial charge in [0, 0.05) is 5.02 Å². The Morgan fingerprint density at radius 2 is 1.79 bits per heavy atom. The van der Waals surface area contributed by atoms with Crippen molar-refractivity contribution in [3.63, 3.8) is 0 Å². The number of carboxylic acid groups (broad SMARTS) is 1. The number of halogens is 2. The lowest BCUT2D eigenvalue weighted by Gasteiger charge is -2.10. The first kappa shape index (κ1) is 13.7. The Balaban J connectivity index is 2.31. The molecular weight excluding hydrogens is 287 g/mol. The number of carboxylic acids is 1. The predicted molar refractivity (Wildman–Crippen MR) is 74.7 cm³/mol. The molecule has 0 saturated carbocycles. The highest BCUT2D eigenvalue weighted by atomic mass is 35.5. The molecule has 0 aliphatic carbocycles. The summed E-state index contributed by atoms with van der Waals surface area (Å²) in [5.74, 6) is 0.0469. The van der Waals surface area contributed by atoms with Crippen molar-refractivity contribution in [1.29, 1.82) is 0 Å². The van der Waals surface area contributed by atoms with Gasteiger partial charge in [-0.2, -0.15) is 0 Å². The normalized spacial score (nSPS) is 10.3. The molecule has 2 rings (SSSR count). The summed E-state index contributed by atoms with van der Waals surface area (Å²) >= 11 is 11.8. The molecule has 0 spiro atoms. The fourth-order valence-electron chi connectivity index (χ4n) is 1.57. The van der Waals surface area contributed by atoms with E-state index in [2.05, 4.69) is 0 Å². The molecule has 0 unspecified atom stereocenters. The fourth-order valence-corrected chi connectivity index (χ4v) is 2.02. The highest BCUT2D eigenvalue weighted by Gasteiger charge is 2.09. The second kappa shape index (κ2) is 5.51. The van der Waals surface area contributed by atoms with Gasteiger partial charge in [0.25, 0.3) is 0 Å². The van der Waals surface area contributed by atoms with Crippen molar-refractivity contribution in [2.24, 2.45) is 0 Å². The van der Waals surface area contributed by atoms with Crippen molar-refractivity contribution in [3.05, 3.63) is 57.6 Å². The predicted octanol–water partition coefficient (Wildman–Crippen LogP) is 4.79. The Morgan fingerprint density at radius 1 is 1.11 bits per heavy atom. The van der Waals surface area contributed by atoms with Crippen LogP contribution in [0.25, 0.3) is 0 Å². The zero-order chi connectivity index (χ0) is 14.0. The molecule has 5 heteroatoms. The van der Waals surface area contributed by atoms with Gasteiger partial charge in [-0.15, -0.1) is 0 Å². The van der Waals surface area contributed by atoms with Crippen LogP contribution in [0, 0.1) is 6.92 Å². The van der Waals surface area contributed by atoms with Gasteiger partial charge in [-0.1, -0.05) is 23.2 Å². The van der Waals surface area contributed by atoms with Gasteiger partial charge in [0.1, 0.15) is 11.5 Å². The standard InChI is InChI=1S/C14H10Cl2O3/c1-8-6-9(14(17)18)2-4-12(8)19-13-5-3-10(15)7-11(13)16/h2-7H,1H3,(H,17,18). The number of aromatic carboxylic acids is 1. The summed E-state index contributed by atoms with van der Waals surface area (Å²) in [7, 11) is 0. The third-order valence-corrected chi connectivity index (χ3v) is 3.07. The van der Waals surface area contributed by atoms with Crippen LogP contribution in [0.1, 0.15) is 15.9 Å². The highest BCUT2D eigenvalue weighted by Crippen LogP contribution is 2.33. The highest BCUT2D eigenvalue weighted by molar-refractivity contribution is 6.35. The molecule has 1 N–H and O–H groups in total. The van der Waals surface area contributed by atoms with E-state index in [0.29, 0.717) is 27.1 Å². The minimum absolute atomic E-state index is 0.215. The lowest BCUT2D eigenvalue weighted by Crippen LogP contribution is -1.97. The molecule has 0 fully saturated rings. The number of aryl methyl sites for hydroxylation is 1. The zero-order valence-electron chi connectivity index (χ0n) is 9.98. The van der Waals surface area contributed by atoms with E-state index in [-0.39, 0.29) is 5.56 Å². The van der Waals surface area contributed by atoms with E-state index in [1.54, 1.807) is 37.3 Å². The summed E-state index contributed by atoms with van der Waals surface area (Å²) in [6.45, 7) is 1.77. The van der Waals surface area contributed by atoms with Crippen molar-refractivity contribution in [2.75, 3.05) is 0 Å². The Bertz CT molecular complexity index is 639. The molecule has 0 radical (unpaired) electrons. The smallest absolute Gasteiger partial charge is 0.335 e. The number of rotatable bonds is 3. The summed E-state index contributed by atoms with van der Waals surface area (Å²) in [5.41, 5.74) is 0.929. The maximum atomic E-state index is 10.8. The van der Waals surface area contributed by atoms with Crippen molar-refractivity contribution in [1.82, 2.24) is 0 Å². The Morgan fingerprint density at radius 3 is 2.37 bits per heavy atom. The van der Waals surface area contributed by atoms with E-state index in [1.165, 1.54) is 6.07 Å². The van der Waals surface area contributed by atoms with Crippen molar-refractivity contribution in [3.8, 4) is 11.5 Å². The van der Waals surface area contributed by atoms with Crippen LogP contribution in [0.3, 0.4) is 0 Å². The van der Waals surface area contributed by atoms with Gasteiger partial charge in [-0.3, -0.25) is 0 Å².